The van der Waals surface area contributed by atoms with E-state index in [1.54, 1.807) is 18.5 Å². The summed E-state index contributed by atoms with van der Waals surface area (Å²) in [4.78, 5) is 0. The number of hydrogen-bond donors (Lipinski definition) is 1. The van der Waals surface area contributed by atoms with Crippen LogP contribution in [0, 0.1) is 0 Å². The second-order valence-electron chi connectivity index (χ2n) is 4.81. The average molecular weight is 279 g/mol. The van der Waals surface area contributed by atoms with Gasteiger partial charge in [0.1, 0.15) is 0 Å². The van der Waals surface area contributed by atoms with Gasteiger partial charge in [-0.1, -0.05) is 0 Å². The number of ether oxygens (including phenoxy) is 1. The van der Waals surface area contributed by atoms with E-state index in [0.717, 1.165) is 12.8 Å². The standard InChI is InChI=1S/C11H25N3O3S/c1-10-9-11(17-3)5-8-14(10)18(15,16)13(2)7-4-6-12/h10-11H,4-9,12H2,1-3H3. The van der Waals surface area contributed by atoms with E-state index in [1.165, 1.54) is 4.31 Å². The van der Waals surface area contributed by atoms with E-state index in [2.05, 4.69) is 0 Å². The normalized spacial score (nSPS) is 26.7. The molecule has 0 aromatic heterocycles. The Morgan fingerprint density at radius 1 is 1.50 bits per heavy atom. The van der Waals surface area contributed by atoms with Crippen molar-refractivity contribution in [3.8, 4) is 0 Å². The minimum absolute atomic E-state index is 0.0194. The molecule has 0 aromatic carbocycles. The molecule has 18 heavy (non-hydrogen) atoms. The highest BCUT2D eigenvalue weighted by molar-refractivity contribution is 7.86. The molecule has 108 valence electrons. The number of rotatable bonds is 6. The summed E-state index contributed by atoms with van der Waals surface area (Å²) in [6, 6.07) is -0.0194. The molecule has 0 aliphatic carbocycles. The zero-order chi connectivity index (χ0) is 13.8. The van der Waals surface area contributed by atoms with Gasteiger partial charge in [-0.15, -0.1) is 0 Å². The van der Waals surface area contributed by atoms with Gasteiger partial charge in [-0.3, -0.25) is 0 Å². The number of nitrogens with zero attached hydrogens (tertiary/aromatic N) is 2. The van der Waals surface area contributed by atoms with Gasteiger partial charge >= 0.3 is 0 Å². The zero-order valence-electron chi connectivity index (χ0n) is 11.5. The lowest BCUT2D eigenvalue weighted by Gasteiger charge is -2.38. The minimum Gasteiger partial charge on any atom is -0.381 e. The molecule has 1 rings (SSSR count). The summed E-state index contributed by atoms with van der Waals surface area (Å²) in [6.45, 7) is 3.42. The van der Waals surface area contributed by atoms with Gasteiger partial charge in [-0.2, -0.15) is 17.0 Å². The highest BCUT2D eigenvalue weighted by Gasteiger charge is 2.35. The molecular weight excluding hydrogens is 254 g/mol. The Hall–Kier alpha value is -0.210. The van der Waals surface area contributed by atoms with Crippen LogP contribution in [0.1, 0.15) is 26.2 Å². The highest BCUT2D eigenvalue weighted by Crippen LogP contribution is 2.23. The lowest BCUT2D eigenvalue weighted by molar-refractivity contribution is 0.0408. The largest absolute Gasteiger partial charge is 0.381 e. The van der Waals surface area contributed by atoms with Crippen LogP contribution in [0.3, 0.4) is 0 Å². The molecule has 1 aliphatic rings. The van der Waals surface area contributed by atoms with E-state index in [1.807, 2.05) is 6.92 Å². The number of hydrogen-bond acceptors (Lipinski definition) is 4. The number of methoxy groups -OCH3 is 1. The third-order valence-corrected chi connectivity index (χ3v) is 5.57. The van der Waals surface area contributed by atoms with Gasteiger partial charge in [-0.25, -0.2) is 0 Å². The number of piperidine rings is 1. The van der Waals surface area contributed by atoms with Crippen molar-refractivity contribution in [3.05, 3.63) is 0 Å². The predicted molar refractivity (Wildman–Crippen MR) is 71.4 cm³/mol. The Kier molecular flexibility index (Phi) is 6.00. The van der Waals surface area contributed by atoms with Crippen LogP contribution in [0.5, 0.6) is 0 Å². The third-order valence-electron chi connectivity index (χ3n) is 3.47. The molecule has 0 aromatic rings. The van der Waals surface area contributed by atoms with Crippen LogP contribution in [-0.4, -0.2) is 63.0 Å². The second kappa shape index (κ2) is 6.81. The van der Waals surface area contributed by atoms with E-state index in [4.69, 9.17) is 10.5 Å². The van der Waals surface area contributed by atoms with Crippen molar-refractivity contribution in [1.29, 1.82) is 0 Å². The van der Waals surface area contributed by atoms with Gasteiger partial charge in [0.15, 0.2) is 0 Å². The maximum Gasteiger partial charge on any atom is 0.281 e. The maximum absolute atomic E-state index is 12.4. The van der Waals surface area contributed by atoms with Gasteiger partial charge in [-0.05, 0) is 32.7 Å². The Balaban J connectivity index is 2.68. The Morgan fingerprint density at radius 3 is 2.67 bits per heavy atom. The van der Waals surface area contributed by atoms with Crippen molar-refractivity contribution in [2.24, 2.45) is 5.73 Å². The van der Waals surface area contributed by atoms with E-state index < -0.39 is 10.2 Å². The van der Waals surface area contributed by atoms with Gasteiger partial charge in [0.25, 0.3) is 10.2 Å². The van der Waals surface area contributed by atoms with Crippen LogP contribution in [-0.2, 0) is 14.9 Å². The molecule has 2 N–H and O–H groups in total. The van der Waals surface area contributed by atoms with Crippen molar-refractivity contribution < 1.29 is 13.2 Å². The Bertz CT molecular complexity index is 347. The van der Waals surface area contributed by atoms with Crippen molar-refractivity contribution >= 4 is 10.2 Å². The smallest absolute Gasteiger partial charge is 0.281 e. The SMILES string of the molecule is COC1CCN(S(=O)(=O)N(C)CCCN)C(C)C1. The summed E-state index contributed by atoms with van der Waals surface area (Å²) in [5.74, 6) is 0. The maximum atomic E-state index is 12.4. The molecule has 0 amide bonds. The van der Waals surface area contributed by atoms with Crippen molar-refractivity contribution in [1.82, 2.24) is 8.61 Å². The van der Waals surface area contributed by atoms with Crippen molar-refractivity contribution in [3.63, 3.8) is 0 Å². The summed E-state index contributed by atoms with van der Waals surface area (Å²) >= 11 is 0. The van der Waals surface area contributed by atoms with E-state index in [9.17, 15) is 8.42 Å². The van der Waals surface area contributed by atoms with E-state index in [-0.39, 0.29) is 12.1 Å². The molecule has 2 atom stereocenters. The fraction of sp³-hybridized carbons (Fsp3) is 1.00. The van der Waals surface area contributed by atoms with Gasteiger partial charge in [0.2, 0.25) is 0 Å². The minimum atomic E-state index is -3.36. The van der Waals surface area contributed by atoms with E-state index >= 15 is 0 Å². The predicted octanol–water partition coefficient (Wildman–Crippen LogP) is 0.0111. The summed E-state index contributed by atoms with van der Waals surface area (Å²) in [5, 5.41) is 0. The van der Waals surface area contributed by atoms with Crippen LogP contribution in [0.2, 0.25) is 0 Å². The zero-order valence-corrected chi connectivity index (χ0v) is 12.3. The molecule has 2 unspecified atom stereocenters. The molecule has 0 bridgehead atoms. The van der Waals surface area contributed by atoms with Crippen molar-refractivity contribution in [2.75, 3.05) is 33.8 Å². The first-order chi connectivity index (χ1) is 8.43. The topological polar surface area (TPSA) is 75.9 Å². The molecular formula is C11H25N3O3S. The van der Waals surface area contributed by atoms with Gasteiger partial charge in [0, 0.05) is 33.3 Å². The molecule has 7 heteroatoms. The number of nitrogens with two attached hydrogens (primary N) is 1. The third kappa shape index (κ3) is 3.64. The summed E-state index contributed by atoms with van der Waals surface area (Å²) in [5.41, 5.74) is 5.41. The van der Waals surface area contributed by atoms with Crippen LogP contribution >= 0.6 is 0 Å². The van der Waals surface area contributed by atoms with E-state index in [0.29, 0.717) is 26.1 Å². The Morgan fingerprint density at radius 2 is 2.17 bits per heavy atom. The van der Waals surface area contributed by atoms with Crippen LogP contribution in [0.4, 0.5) is 0 Å². The van der Waals surface area contributed by atoms with Gasteiger partial charge < -0.3 is 10.5 Å². The second-order valence-corrected chi connectivity index (χ2v) is 6.80. The average Bonchev–Trinajstić information content (AvgIpc) is 2.35. The van der Waals surface area contributed by atoms with Crippen LogP contribution < -0.4 is 5.73 Å². The van der Waals surface area contributed by atoms with Gasteiger partial charge in [0.05, 0.1) is 6.10 Å². The molecule has 1 saturated heterocycles. The molecule has 6 nitrogen and oxygen atoms in total. The fourth-order valence-electron chi connectivity index (χ4n) is 2.27. The first-order valence-corrected chi connectivity index (χ1v) is 7.79. The van der Waals surface area contributed by atoms with Crippen LogP contribution in [0.15, 0.2) is 0 Å². The molecule has 0 spiro atoms. The monoisotopic (exact) mass is 279 g/mol. The molecule has 1 fully saturated rings. The Labute approximate surface area is 110 Å². The highest BCUT2D eigenvalue weighted by atomic mass is 32.2. The fourth-order valence-corrected chi connectivity index (χ4v) is 3.87. The molecule has 0 saturated carbocycles. The quantitative estimate of drug-likeness (QED) is 0.743. The summed E-state index contributed by atoms with van der Waals surface area (Å²) in [6.07, 6.45) is 2.35. The lowest BCUT2D eigenvalue weighted by atomic mass is 10.0. The summed E-state index contributed by atoms with van der Waals surface area (Å²) < 4.78 is 33.0. The summed E-state index contributed by atoms with van der Waals surface area (Å²) in [7, 11) is -0.0728. The molecule has 0 radical (unpaired) electrons. The van der Waals surface area contributed by atoms with Crippen LogP contribution in [0.25, 0.3) is 0 Å². The first-order valence-electron chi connectivity index (χ1n) is 6.39. The lowest BCUT2D eigenvalue weighted by Crippen LogP contribution is -2.51. The first kappa shape index (κ1) is 15.8. The van der Waals surface area contributed by atoms with Crippen molar-refractivity contribution in [2.45, 2.75) is 38.3 Å². The molecule has 1 heterocycles. The molecule has 1 aliphatic heterocycles.